The van der Waals surface area contributed by atoms with E-state index in [1.165, 1.54) is 43.1 Å². The highest BCUT2D eigenvalue weighted by Crippen LogP contribution is 2.36. The summed E-state index contributed by atoms with van der Waals surface area (Å²) >= 11 is 1.47. The zero-order valence-corrected chi connectivity index (χ0v) is 16.3. The maximum Gasteiger partial charge on any atom is 0.233 e. The number of carbonyl (C=O) groups excluding carboxylic acids is 1. The highest BCUT2D eigenvalue weighted by atomic mass is 32.1. The van der Waals surface area contributed by atoms with Gasteiger partial charge in [-0.05, 0) is 49.1 Å². The Hall–Kier alpha value is -2.27. The van der Waals surface area contributed by atoms with Crippen molar-refractivity contribution in [3.8, 4) is 0 Å². The molecular formula is C22H23FN2OS. The lowest BCUT2D eigenvalue weighted by molar-refractivity contribution is -0.118. The smallest absolute Gasteiger partial charge is 0.233 e. The van der Waals surface area contributed by atoms with Gasteiger partial charge < -0.3 is 0 Å². The monoisotopic (exact) mass is 382 g/mol. The lowest BCUT2D eigenvalue weighted by Gasteiger charge is -2.21. The van der Waals surface area contributed by atoms with E-state index < -0.39 is 0 Å². The molecule has 1 aliphatic rings. The Labute approximate surface area is 162 Å². The van der Waals surface area contributed by atoms with Crippen molar-refractivity contribution in [2.45, 2.75) is 45.4 Å². The number of halogens is 1. The molecule has 1 fully saturated rings. The molecule has 140 valence electrons. The van der Waals surface area contributed by atoms with E-state index in [4.69, 9.17) is 0 Å². The summed E-state index contributed by atoms with van der Waals surface area (Å²) in [6, 6.07) is 12.8. The van der Waals surface area contributed by atoms with Crippen LogP contribution in [0.3, 0.4) is 0 Å². The van der Waals surface area contributed by atoms with Crippen LogP contribution in [0, 0.1) is 18.7 Å². The number of hydrogen-bond acceptors (Lipinski definition) is 3. The minimum atomic E-state index is -0.304. The minimum Gasteiger partial charge on any atom is -0.274 e. The number of aryl methyl sites for hydroxylation is 1. The zero-order chi connectivity index (χ0) is 18.8. The molecule has 0 aliphatic heterocycles. The maximum atomic E-state index is 14.2. The molecule has 0 spiro atoms. The first-order valence-electron chi connectivity index (χ1n) is 9.56. The lowest BCUT2D eigenvalue weighted by Crippen LogP contribution is -2.26. The first-order valence-corrected chi connectivity index (χ1v) is 10.4. The number of hydrogen-bond donors (Lipinski definition) is 0. The third kappa shape index (κ3) is 3.88. The van der Waals surface area contributed by atoms with Crippen LogP contribution < -0.4 is 4.90 Å². The minimum absolute atomic E-state index is 0.00999. The number of aromatic nitrogens is 1. The van der Waals surface area contributed by atoms with E-state index in [0.29, 0.717) is 28.7 Å². The second-order valence-electron chi connectivity index (χ2n) is 7.32. The van der Waals surface area contributed by atoms with Crippen LogP contribution in [0.4, 0.5) is 15.2 Å². The normalized spacial score (nSPS) is 14.7. The van der Waals surface area contributed by atoms with Gasteiger partial charge in [0.2, 0.25) is 5.91 Å². The predicted octanol–water partition coefficient (Wildman–Crippen LogP) is 6.38. The van der Waals surface area contributed by atoms with E-state index in [0.717, 1.165) is 16.6 Å². The molecule has 1 aromatic heterocycles. The summed E-state index contributed by atoms with van der Waals surface area (Å²) in [4.78, 5) is 19.4. The van der Waals surface area contributed by atoms with Gasteiger partial charge in [-0.3, -0.25) is 9.69 Å². The SMILES string of the molecule is Cc1ccc(N(C(=O)CCC2CCCC2)c2nc3ccccc3s2)cc1F. The number of thiazole rings is 1. The zero-order valence-electron chi connectivity index (χ0n) is 15.5. The van der Waals surface area contributed by atoms with E-state index in [-0.39, 0.29) is 11.7 Å². The molecule has 0 bridgehead atoms. The Morgan fingerprint density at radius 2 is 2.00 bits per heavy atom. The molecule has 0 atom stereocenters. The van der Waals surface area contributed by atoms with Gasteiger partial charge >= 0.3 is 0 Å². The average Bonchev–Trinajstić information content (AvgIpc) is 3.32. The highest BCUT2D eigenvalue weighted by molar-refractivity contribution is 7.22. The first-order chi connectivity index (χ1) is 13.1. The van der Waals surface area contributed by atoms with Gasteiger partial charge in [0.25, 0.3) is 0 Å². The van der Waals surface area contributed by atoms with Crippen molar-refractivity contribution in [2.24, 2.45) is 5.92 Å². The molecule has 0 radical (unpaired) electrons. The van der Waals surface area contributed by atoms with Crippen molar-refractivity contribution in [3.05, 3.63) is 53.8 Å². The summed E-state index contributed by atoms with van der Waals surface area (Å²) in [6.07, 6.45) is 6.33. The third-order valence-corrected chi connectivity index (χ3v) is 6.40. The fourth-order valence-corrected chi connectivity index (χ4v) is 4.78. The molecule has 1 amide bonds. The average molecular weight is 383 g/mol. The fraction of sp³-hybridized carbons (Fsp3) is 0.364. The predicted molar refractivity (Wildman–Crippen MR) is 109 cm³/mol. The molecule has 4 rings (SSSR count). The van der Waals surface area contributed by atoms with E-state index >= 15 is 0 Å². The van der Waals surface area contributed by atoms with Crippen molar-refractivity contribution in [1.29, 1.82) is 0 Å². The van der Waals surface area contributed by atoms with Crippen LogP contribution in [-0.4, -0.2) is 10.9 Å². The quantitative estimate of drug-likeness (QED) is 0.513. The van der Waals surface area contributed by atoms with Gasteiger partial charge in [0.1, 0.15) is 5.82 Å². The summed E-state index contributed by atoms with van der Waals surface area (Å²) < 4.78 is 15.2. The number of rotatable bonds is 5. The van der Waals surface area contributed by atoms with E-state index in [9.17, 15) is 9.18 Å². The van der Waals surface area contributed by atoms with E-state index in [1.807, 2.05) is 24.3 Å². The van der Waals surface area contributed by atoms with Gasteiger partial charge in [0, 0.05) is 6.42 Å². The number of nitrogens with zero attached hydrogens (tertiary/aromatic N) is 2. The molecule has 27 heavy (non-hydrogen) atoms. The summed E-state index contributed by atoms with van der Waals surface area (Å²) in [5.41, 5.74) is 1.98. The molecule has 3 aromatic rings. The second kappa shape index (κ2) is 7.77. The standard InChI is InChI=1S/C22H23FN2OS/c1-15-10-12-17(14-18(15)23)25(21(26)13-11-16-6-2-3-7-16)22-24-19-8-4-5-9-20(19)27-22/h4-5,8-10,12,14,16H,2-3,6-7,11,13H2,1H3. The van der Waals surface area contributed by atoms with Gasteiger partial charge in [0.05, 0.1) is 15.9 Å². The number of fused-ring (bicyclic) bond motifs is 1. The van der Waals surface area contributed by atoms with Crippen molar-refractivity contribution < 1.29 is 9.18 Å². The van der Waals surface area contributed by atoms with E-state index in [2.05, 4.69) is 4.98 Å². The van der Waals surface area contributed by atoms with Crippen LogP contribution in [0.15, 0.2) is 42.5 Å². The molecule has 0 saturated heterocycles. The van der Waals surface area contributed by atoms with E-state index in [1.54, 1.807) is 24.0 Å². The van der Waals surface area contributed by atoms with Gasteiger partial charge in [-0.1, -0.05) is 55.2 Å². The van der Waals surface area contributed by atoms with Gasteiger partial charge in [0.15, 0.2) is 5.13 Å². The number of amides is 1. The Morgan fingerprint density at radius 3 is 2.74 bits per heavy atom. The summed E-state index contributed by atoms with van der Waals surface area (Å²) in [5, 5.41) is 0.607. The van der Waals surface area contributed by atoms with Gasteiger partial charge in [-0.2, -0.15) is 0 Å². The number of para-hydroxylation sites is 1. The van der Waals surface area contributed by atoms with Crippen LogP contribution in [0.25, 0.3) is 10.2 Å². The van der Waals surface area contributed by atoms with Gasteiger partial charge in [-0.25, -0.2) is 9.37 Å². The molecule has 5 heteroatoms. The Kier molecular flexibility index (Phi) is 5.21. The van der Waals surface area contributed by atoms with Crippen LogP contribution in [0.2, 0.25) is 0 Å². The molecule has 0 N–H and O–H groups in total. The molecule has 2 aromatic carbocycles. The van der Waals surface area contributed by atoms with Crippen LogP contribution in [0.1, 0.15) is 44.1 Å². The topological polar surface area (TPSA) is 33.2 Å². The van der Waals surface area contributed by atoms with Crippen molar-refractivity contribution in [1.82, 2.24) is 4.98 Å². The van der Waals surface area contributed by atoms with Gasteiger partial charge in [-0.15, -0.1) is 0 Å². The summed E-state index contributed by atoms with van der Waals surface area (Å²) in [5.74, 6) is 0.326. The molecule has 1 saturated carbocycles. The molecular weight excluding hydrogens is 359 g/mol. The molecule has 1 aliphatic carbocycles. The Morgan fingerprint density at radius 1 is 1.22 bits per heavy atom. The van der Waals surface area contributed by atoms with Crippen molar-refractivity contribution in [3.63, 3.8) is 0 Å². The van der Waals surface area contributed by atoms with Crippen LogP contribution in [-0.2, 0) is 4.79 Å². The molecule has 0 unspecified atom stereocenters. The Balaban J connectivity index is 1.67. The van der Waals surface area contributed by atoms with Crippen LogP contribution in [0.5, 0.6) is 0 Å². The number of carbonyl (C=O) groups is 1. The van der Waals surface area contributed by atoms with Crippen molar-refractivity contribution in [2.75, 3.05) is 4.90 Å². The summed E-state index contributed by atoms with van der Waals surface area (Å²) in [7, 11) is 0. The Bertz CT molecular complexity index is 929. The second-order valence-corrected chi connectivity index (χ2v) is 8.33. The molecule has 1 heterocycles. The number of benzene rings is 2. The summed E-state index contributed by atoms with van der Waals surface area (Å²) in [6.45, 7) is 1.73. The van der Waals surface area contributed by atoms with Crippen molar-refractivity contribution >= 4 is 38.3 Å². The highest BCUT2D eigenvalue weighted by Gasteiger charge is 2.24. The third-order valence-electron chi connectivity index (χ3n) is 5.38. The largest absolute Gasteiger partial charge is 0.274 e. The molecule has 3 nitrogen and oxygen atoms in total. The lowest BCUT2D eigenvalue weighted by atomic mass is 10.0. The maximum absolute atomic E-state index is 14.2. The first kappa shape index (κ1) is 18.1. The number of anilines is 2. The van der Waals surface area contributed by atoms with Crippen LogP contribution >= 0.6 is 11.3 Å². The fourth-order valence-electron chi connectivity index (χ4n) is 3.78.